The molecule has 4 aromatic rings. The third-order valence-electron chi connectivity index (χ3n) is 8.07. The molecule has 210 valence electrons. The Bertz CT molecular complexity index is 1670. The molecule has 2 aromatic heterocycles. The Balaban J connectivity index is 1.11. The number of pyridine rings is 1. The quantitative estimate of drug-likeness (QED) is 0.329. The number of hydrogen-bond acceptors (Lipinski definition) is 7. The lowest BCUT2D eigenvalue weighted by Gasteiger charge is -2.28. The van der Waals surface area contributed by atoms with Gasteiger partial charge in [0.1, 0.15) is 11.5 Å². The second kappa shape index (κ2) is 10.0. The molecule has 1 N–H and O–H groups in total. The highest BCUT2D eigenvalue weighted by molar-refractivity contribution is 5.92. The lowest BCUT2D eigenvalue weighted by molar-refractivity contribution is -0.0719. The van der Waals surface area contributed by atoms with Crippen molar-refractivity contribution >= 4 is 22.6 Å². The number of aromatic carboxylic acids is 1. The maximum atomic E-state index is 11.6. The summed E-state index contributed by atoms with van der Waals surface area (Å²) < 4.78 is 26.8. The van der Waals surface area contributed by atoms with Gasteiger partial charge in [0.2, 0.25) is 0 Å². The van der Waals surface area contributed by atoms with Crippen LogP contribution in [0.1, 0.15) is 52.8 Å². The van der Waals surface area contributed by atoms with Gasteiger partial charge in [-0.3, -0.25) is 4.98 Å². The Hall–Kier alpha value is -4.21. The van der Waals surface area contributed by atoms with Gasteiger partial charge in [0.25, 0.3) is 5.79 Å². The molecule has 3 aliphatic heterocycles. The van der Waals surface area contributed by atoms with E-state index in [-0.39, 0.29) is 17.8 Å². The fourth-order valence-corrected chi connectivity index (χ4v) is 5.66. The van der Waals surface area contributed by atoms with Crippen molar-refractivity contribution in [1.82, 2.24) is 14.5 Å². The molecule has 0 spiro atoms. The fourth-order valence-electron chi connectivity index (χ4n) is 5.66. The largest absolute Gasteiger partial charge is 0.478 e. The molecule has 0 aliphatic carbocycles. The molecule has 3 atom stereocenters. The van der Waals surface area contributed by atoms with Crippen LogP contribution in [-0.2, 0) is 28.2 Å². The number of carboxylic acids is 1. The molecule has 9 heteroatoms. The third-order valence-corrected chi connectivity index (χ3v) is 8.07. The molecule has 0 unspecified atom stereocenters. The summed E-state index contributed by atoms with van der Waals surface area (Å²) in [6.07, 6.45) is 6.37. The van der Waals surface area contributed by atoms with E-state index in [2.05, 4.69) is 15.6 Å². The topological polar surface area (TPSA) is 105 Å². The maximum absolute atomic E-state index is 11.6. The Labute approximate surface area is 237 Å². The van der Waals surface area contributed by atoms with Gasteiger partial charge in [-0.1, -0.05) is 24.3 Å². The Morgan fingerprint density at radius 1 is 1.12 bits per heavy atom. The predicted octanol–water partition coefficient (Wildman–Crippen LogP) is 5.29. The Kier molecular flexibility index (Phi) is 6.28. The summed E-state index contributed by atoms with van der Waals surface area (Å²) in [4.78, 5) is 21.0. The van der Waals surface area contributed by atoms with E-state index < -0.39 is 11.8 Å². The number of para-hydroxylation sites is 1. The van der Waals surface area contributed by atoms with E-state index >= 15 is 0 Å². The van der Waals surface area contributed by atoms with Gasteiger partial charge in [0.05, 0.1) is 42.0 Å². The number of carboxylic acid groups (broad SMARTS) is 1. The SMILES string of the molecule is Cc1ccc([C@]2(C)Oc3cccc(C4=CC[C@@H](Cc5nc6ccc(C(=O)O)cc6n5C[C@@H]5CCO5)OC4)c3O2)nc1. The number of aryl methyl sites for hydroxylation is 1. The average Bonchev–Trinajstić information content (AvgIpc) is 3.47. The van der Waals surface area contributed by atoms with E-state index in [0.717, 1.165) is 46.6 Å². The minimum Gasteiger partial charge on any atom is -0.478 e. The van der Waals surface area contributed by atoms with Crippen LogP contribution in [0.5, 0.6) is 11.5 Å². The standard InChI is InChI=1S/C32H31N3O6/c1-19-6-11-28(33-16-19)32(2)40-27-5-3-4-24(30(27)41-32)21-7-9-22(39-18-21)15-29-34-25-10-8-20(31(36)37)14-26(25)35(29)17-23-12-13-38-23/h3-8,10-11,14,16,22-23H,9,12-13,15,17-18H2,1-2H3,(H,36,37)/t22-,23-,32+/m0/s1. The van der Waals surface area contributed by atoms with E-state index in [1.54, 1.807) is 18.2 Å². The summed E-state index contributed by atoms with van der Waals surface area (Å²) in [5.41, 5.74) is 5.62. The first-order valence-electron chi connectivity index (χ1n) is 14.0. The number of rotatable bonds is 7. The first kappa shape index (κ1) is 25.7. The zero-order valence-corrected chi connectivity index (χ0v) is 23.0. The predicted molar refractivity (Wildman–Crippen MR) is 151 cm³/mol. The number of carbonyl (C=O) groups is 1. The molecule has 1 saturated heterocycles. The molecule has 0 bridgehead atoms. The van der Waals surface area contributed by atoms with E-state index in [9.17, 15) is 9.90 Å². The highest BCUT2D eigenvalue weighted by Gasteiger charge is 2.41. The van der Waals surface area contributed by atoms with Gasteiger partial charge in [-0.25, -0.2) is 9.78 Å². The van der Waals surface area contributed by atoms with Crippen LogP contribution in [0, 0.1) is 6.92 Å². The van der Waals surface area contributed by atoms with Crippen molar-refractivity contribution in [2.24, 2.45) is 0 Å². The highest BCUT2D eigenvalue weighted by atomic mass is 16.7. The van der Waals surface area contributed by atoms with Crippen molar-refractivity contribution in [3.05, 3.63) is 89.0 Å². The van der Waals surface area contributed by atoms with Crippen molar-refractivity contribution < 1.29 is 28.8 Å². The number of hydrogen-bond donors (Lipinski definition) is 1. The zero-order chi connectivity index (χ0) is 28.1. The van der Waals surface area contributed by atoms with E-state index in [1.165, 1.54) is 0 Å². The number of fused-ring (bicyclic) bond motifs is 2. The minimum atomic E-state index is -1.01. The maximum Gasteiger partial charge on any atom is 0.335 e. The van der Waals surface area contributed by atoms with Crippen LogP contribution in [0.3, 0.4) is 0 Å². The lowest BCUT2D eigenvalue weighted by atomic mass is 9.99. The van der Waals surface area contributed by atoms with Crippen molar-refractivity contribution in [3.8, 4) is 11.5 Å². The van der Waals surface area contributed by atoms with Gasteiger partial charge < -0.3 is 28.6 Å². The second-order valence-electron chi connectivity index (χ2n) is 11.0. The van der Waals surface area contributed by atoms with E-state index in [4.69, 9.17) is 23.9 Å². The van der Waals surface area contributed by atoms with Crippen molar-refractivity contribution in [2.75, 3.05) is 13.2 Å². The van der Waals surface area contributed by atoms with Crippen LogP contribution < -0.4 is 9.47 Å². The first-order valence-corrected chi connectivity index (χ1v) is 14.0. The summed E-state index contributed by atoms with van der Waals surface area (Å²) in [6, 6.07) is 14.9. The monoisotopic (exact) mass is 553 g/mol. The summed E-state index contributed by atoms with van der Waals surface area (Å²) in [5, 5.41) is 9.52. The molecule has 1 fully saturated rings. The van der Waals surface area contributed by atoms with Crippen LogP contribution >= 0.6 is 0 Å². The van der Waals surface area contributed by atoms with E-state index in [1.807, 2.05) is 50.4 Å². The molecular formula is C32H31N3O6. The van der Waals surface area contributed by atoms with Gasteiger partial charge in [-0.2, -0.15) is 0 Å². The number of ether oxygens (including phenoxy) is 4. The summed E-state index contributed by atoms with van der Waals surface area (Å²) in [7, 11) is 0. The number of benzene rings is 2. The molecule has 0 radical (unpaired) electrons. The molecule has 9 nitrogen and oxygen atoms in total. The summed E-state index contributed by atoms with van der Waals surface area (Å²) >= 11 is 0. The Morgan fingerprint density at radius 2 is 2.00 bits per heavy atom. The summed E-state index contributed by atoms with van der Waals surface area (Å²) in [6.45, 7) is 5.71. The lowest BCUT2D eigenvalue weighted by Crippen LogP contribution is -2.32. The van der Waals surface area contributed by atoms with Gasteiger partial charge >= 0.3 is 5.97 Å². The average molecular weight is 554 g/mol. The van der Waals surface area contributed by atoms with Crippen LogP contribution in [0.25, 0.3) is 16.6 Å². The third kappa shape index (κ3) is 4.75. The van der Waals surface area contributed by atoms with E-state index in [0.29, 0.717) is 43.2 Å². The highest BCUT2D eigenvalue weighted by Crippen LogP contribution is 2.48. The van der Waals surface area contributed by atoms with Gasteiger partial charge in [0, 0.05) is 31.7 Å². The second-order valence-corrected chi connectivity index (χ2v) is 11.0. The van der Waals surface area contributed by atoms with Crippen LogP contribution in [0.2, 0.25) is 0 Å². The Morgan fingerprint density at radius 3 is 2.71 bits per heavy atom. The molecule has 7 rings (SSSR count). The van der Waals surface area contributed by atoms with Crippen LogP contribution in [-0.4, -0.2) is 51.0 Å². The molecule has 3 aliphatic rings. The van der Waals surface area contributed by atoms with Gasteiger partial charge in [0.15, 0.2) is 11.5 Å². The smallest absolute Gasteiger partial charge is 0.335 e. The van der Waals surface area contributed by atoms with Crippen molar-refractivity contribution in [3.63, 3.8) is 0 Å². The molecular weight excluding hydrogens is 522 g/mol. The fraction of sp³-hybridized carbons (Fsp3) is 0.344. The number of imidazole rings is 1. The summed E-state index contributed by atoms with van der Waals surface area (Å²) in [5.74, 6) is 0.296. The number of nitrogens with zero attached hydrogens (tertiary/aromatic N) is 3. The minimum absolute atomic E-state index is 0.0634. The normalized spacial score (nSPS) is 23.3. The molecule has 0 saturated carbocycles. The van der Waals surface area contributed by atoms with Crippen LogP contribution in [0.15, 0.2) is 60.8 Å². The molecule has 2 aromatic carbocycles. The van der Waals surface area contributed by atoms with Crippen molar-refractivity contribution in [2.45, 2.75) is 57.6 Å². The molecule has 0 amide bonds. The van der Waals surface area contributed by atoms with Gasteiger partial charge in [-0.15, -0.1) is 0 Å². The first-order chi connectivity index (χ1) is 19.9. The van der Waals surface area contributed by atoms with Crippen LogP contribution in [0.4, 0.5) is 0 Å². The number of aromatic nitrogens is 3. The molecule has 5 heterocycles. The molecule has 41 heavy (non-hydrogen) atoms. The van der Waals surface area contributed by atoms with Gasteiger partial charge in [-0.05, 0) is 61.2 Å². The zero-order valence-electron chi connectivity index (χ0n) is 23.0. The van der Waals surface area contributed by atoms with Crippen molar-refractivity contribution in [1.29, 1.82) is 0 Å².